The summed E-state index contributed by atoms with van der Waals surface area (Å²) in [5.41, 5.74) is 0. The van der Waals surface area contributed by atoms with E-state index in [9.17, 15) is 9.36 Å². The van der Waals surface area contributed by atoms with E-state index in [0.717, 1.165) is 0 Å². The van der Waals surface area contributed by atoms with Crippen LogP contribution in [0.15, 0.2) is 24.3 Å². The van der Waals surface area contributed by atoms with Gasteiger partial charge in [-0.15, -0.1) is 0 Å². The van der Waals surface area contributed by atoms with Crippen molar-refractivity contribution in [2.45, 2.75) is 0 Å². The summed E-state index contributed by atoms with van der Waals surface area (Å²) in [6, 6.07) is 6.86. The first kappa shape index (κ1) is 15.7. The van der Waals surface area contributed by atoms with E-state index in [1.54, 1.807) is 24.3 Å². The van der Waals surface area contributed by atoms with E-state index >= 15 is 0 Å². The number of methoxy groups -OCH3 is 1. The van der Waals surface area contributed by atoms with Crippen LogP contribution in [0, 0.1) is 0 Å². The molecule has 1 aromatic rings. The van der Waals surface area contributed by atoms with Crippen molar-refractivity contribution in [2.24, 2.45) is 0 Å². The number of rotatable bonds is 8. The molecule has 0 fully saturated rings. The van der Waals surface area contributed by atoms with Gasteiger partial charge >= 0.3 is 7.60 Å². The van der Waals surface area contributed by atoms with Crippen molar-refractivity contribution in [2.75, 3.05) is 34.1 Å². The molecule has 0 spiro atoms. The van der Waals surface area contributed by atoms with Gasteiger partial charge in [0.2, 0.25) is 0 Å². The van der Waals surface area contributed by atoms with Gasteiger partial charge in [-0.05, 0) is 12.1 Å². The van der Waals surface area contributed by atoms with Crippen molar-refractivity contribution in [1.82, 2.24) is 0 Å². The predicted octanol–water partition coefficient (Wildman–Crippen LogP) is 2.13. The molecule has 0 aliphatic heterocycles. The van der Waals surface area contributed by atoms with Crippen LogP contribution >= 0.6 is 7.60 Å². The van der Waals surface area contributed by atoms with E-state index in [1.165, 1.54) is 21.3 Å². The molecule has 0 N–H and O–H groups in total. The molecule has 0 atom stereocenters. The Balaban J connectivity index is 2.52. The Morgan fingerprint density at radius 3 is 2.37 bits per heavy atom. The zero-order chi connectivity index (χ0) is 14.3. The van der Waals surface area contributed by atoms with Crippen LogP contribution in [0.2, 0.25) is 0 Å². The summed E-state index contributed by atoms with van der Waals surface area (Å²) in [4.78, 5) is 11.6. The lowest BCUT2D eigenvalue weighted by molar-refractivity contribution is -0.118. The molecule has 0 saturated carbocycles. The molecule has 1 rings (SSSR count). The lowest BCUT2D eigenvalue weighted by Gasteiger charge is -2.13. The van der Waals surface area contributed by atoms with Crippen molar-refractivity contribution in [3.63, 3.8) is 0 Å². The first-order valence-electron chi connectivity index (χ1n) is 5.52. The van der Waals surface area contributed by atoms with Gasteiger partial charge in [0.1, 0.15) is 24.3 Å². The Morgan fingerprint density at radius 1 is 1.16 bits per heavy atom. The Labute approximate surface area is 112 Å². The smallest absolute Gasteiger partial charge is 0.337 e. The molecule has 0 aliphatic carbocycles. The molecular weight excluding hydrogens is 271 g/mol. The molecule has 1 aromatic carbocycles. The fourth-order valence-electron chi connectivity index (χ4n) is 1.32. The molecule has 7 heteroatoms. The number of hydrogen-bond donors (Lipinski definition) is 0. The van der Waals surface area contributed by atoms with Gasteiger partial charge in [-0.1, -0.05) is 6.07 Å². The maximum absolute atomic E-state index is 11.7. The lowest BCUT2D eigenvalue weighted by Crippen LogP contribution is -2.16. The standard InChI is InChI=1S/C12H17O6P/c1-15-11-5-4-6-12(7-11)18-8-10(13)9-19(14,16-2)17-3/h4-7H,8-9H2,1-3H3. The van der Waals surface area contributed by atoms with Crippen LogP contribution in [-0.2, 0) is 18.4 Å². The number of carbonyl (C=O) groups excluding carboxylic acids is 1. The normalized spacial score (nSPS) is 11.1. The maximum atomic E-state index is 11.7. The van der Waals surface area contributed by atoms with Gasteiger partial charge < -0.3 is 18.5 Å². The fraction of sp³-hybridized carbons (Fsp3) is 0.417. The van der Waals surface area contributed by atoms with E-state index in [4.69, 9.17) is 9.47 Å². The summed E-state index contributed by atoms with van der Waals surface area (Å²) in [5.74, 6) is 0.761. The molecule has 106 valence electrons. The summed E-state index contributed by atoms with van der Waals surface area (Å²) in [6.07, 6.45) is -0.316. The molecule has 0 heterocycles. The second kappa shape index (κ2) is 7.28. The van der Waals surface area contributed by atoms with Crippen LogP contribution in [0.5, 0.6) is 11.5 Å². The third-order valence-corrected chi connectivity index (χ3v) is 4.22. The number of hydrogen-bond acceptors (Lipinski definition) is 6. The predicted molar refractivity (Wildman–Crippen MR) is 70.0 cm³/mol. The Bertz CT molecular complexity index is 465. The van der Waals surface area contributed by atoms with Gasteiger partial charge in [0.05, 0.1) is 7.11 Å². The highest BCUT2D eigenvalue weighted by atomic mass is 31.2. The van der Waals surface area contributed by atoms with E-state index in [2.05, 4.69) is 9.05 Å². The Hall–Kier alpha value is -1.36. The fourth-order valence-corrected chi connectivity index (χ4v) is 2.25. The average molecular weight is 288 g/mol. The summed E-state index contributed by atoms with van der Waals surface area (Å²) < 4.78 is 31.4. The van der Waals surface area contributed by atoms with Crippen molar-refractivity contribution >= 4 is 13.4 Å². The van der Waals surface area contributed by atoms with E-state index < -0.39 is 7.60 Å². The van der Waals surface area contributed by atoms with Gasteiger partial charge in [-0.2, -0.15) is 0 Å². The van der Waals surface area contributed by atoms with Gasteiger partial charge in [0.25, 0.3) is 0 Å². The third-order valence-electron chi connectivity index (χ3n) is 2.37. The van der Waals surface area contributed by atoms with Gasteiger partial charge in [-0.25, -0.2) is 0 Å². The minimum absolute atomic E-state index is 0.204. The minimum atomic E-state index is -3.33. The Kier molecular flexibility index (Phi) is 6.02. The van der Waals surface area contributed by atoms with Gasteiger partial charge in [-0.3, -0.25) is 9.36 Å². The minimum Gasteiger partial charge on any atom is -0.497 e. The van der Waals surface area contributed by atoms with Crippen LogP contribution in [0.1, 0.15) is 0 Å². The van der Waals surface area contributed by atoms with Crippen LogP contribution < -0.4 is 9.47 Å². The van der Waals surface area contributed by atoms with Crippen molar-refractivity contribution < 1.29 is 27.9 Å². The zero-order valence-electron chi connectivity index (χ0n) is 11.1. The van der Waals surface area contributed by atoms with Crippen LogP contribution in [0.4, 0.5) is 0 Å². The van der Waals surface area contributed by atoms with Crippen molar-refractivity contribution in [3.05, 3.63) is 24.3 Å². The zero-order valence-corrected chi connectivity index (χ0v) is 12.0. The monoisotopic (exact) mass is 288 g/mol. The first-order valence-corrected chi connectivity index (χ1v) is 7.25. The lowest BCUT2D eigenvalue weighted by atomic mass is 10.3. The maximum Gasteiger partial charge on any atom is 0.337 e. The summed E-state index contributed by atoms with van der Waals surface area (Å²) in [6.45, 7) is -0.204. The SMILES string of the molecule is COc1cccc(OCC(=O)CP(=O)(OC)OC)c1. The molecule has 0 unspecified atom stereocenters. The summed E-state index contributed by atoms with van der Waals surface area (Å²) in [7, 11) is 0.684. The number of carbonyl (C=O) groups is 1. The molecule has 6 nitrogen and oxygen atoms in total. The topological polar surface area (TPSA) is 71.1 Å². The number of ether oxygens (including phenoxy) is 2. The summed E-state index contributed by atoms with van der Waals surface area (Å²) in [5, 5.41) is 0. The van der Waals surface area contributed by atoms with Crippen LogP contribution in [0.25, 0.3) is 0 Å². The second-order valence-corrected chi connectivity index (χ2v) is 5.91. The molecule has 0 aromatic heterocycles. The number of benzene rings is 1. The molecule has 0 radical (unpaired) electrons. The number of Topliss-reactive ketones (excluding diaryl/α,β-unsaturated/α-hetero) is 1. The first-order chi connectivity index (χ1) is 9.03. The Morgan fingerprint density at radius 2 is 1.79 bits per heavy atom. The van der Waals surface area contributed by atoms with Gasteiger partial charge in [0.15, 0.2) is 5.78 Å². The molecule has 0 aliphatic rings. The van der Waals surface area contributed by atoms with E-state index in [1.807, 2.05) is 0 Å². The van der Waals surface area contributed by atoms with Gasteiger partial charge in [0, 0.05) is 20.3 Å². The molecule has 19 heavy (non-hydrogen) atoms. The molecule has 0 bridgehead atoms. The highest BCUT2D eigenvalue weighted by Gasteiger charge is 2.25. The average Bonchev–Trinajstić information content (AvgIpc) is 2.45. The third kappa shape index (κ3) is 5.03. The number of ketones is 1. The highest BCUT2D eigenvalue weighted by molar-refractivity contribution is 7.54. The van der Waals surface area contributed by atoms with E-state index in [0.29, 0.717) is 11.5 Å². The summed E-state index contributed by atoms with van der Waals surface area (Å²) >= 11 is 0. The van der Waals surface area contributed by atoms with Crippen LogP contribution in [-0.4, -0.2) is 39.9 Å². The van der Waals surface area contributed by atoms with Crippen molar-refractivity contribution in [1.29, 1.82) is 0 Å². The largest absolute Gasteiger partial charge is 0.497 e. The quantitative estimate of drug-likeness (QED) is 0.682. The van der Waals surface area contributed by atoms with E-state index in [-0.39, 0.29) is 18.6 Å². The molecule has 0 amide bonds. The molecular formula is C12H17O6P. The molecule has 0 saturated heterocycles. The van der Waals surface area contributed by atoms with Crippen LogP contribution in [0.3, 0.4) is 0 Å². The second-order valence-electron chi connectivity index (χ2n) is 3.64. The van der Waals surface area contributed by atoms with Crippen molar-refractivity contribution in [3.8, 4) is 11.5 Å². The highest BCUT2D eigenvalue weighted by Crippen LogP contribution is 2.45.